The Labute approximate surface area is 111 Å². The van der Waals surface area contributed by atoms with Crippen molar-refractivity contribution in [3.05, 3.63) is 27.4 Å². The summed E-state index contributed by atoms with van der Waals surface area (Å²) < 4.78 is 0. The molecule has 0 radical (unpaired) electrons. The van der Waals surface area contributed by atoms with Crippen LogP contribution in [0.3, 0.4) is 0 Å². The molecular formula is C13H18N2S2. The van der Waals surface area contributed by atoms with Crippen molar-refractivity contribution in [1.29, 1.82) is 0 Å². The molecule has 1 atom stereocenters. The van der Waals surface area contributed by atoms with Crippen molar-refractivity contribution < 1.29 is 0 Å². The number of hydrogen-bond donors (Lipinski definition) is 1. The molecule has 0 amide bonds. The third kappa shape index (κ3) is 2.76. The van der Waals surface area contributed by atoms with E-state index in [1.54, 1.807) is 22.7 Å². The molecule has 0 aliphatic carbocycles. The molecule has 1 N–H and O–H groups in total. The lowest BCUT2D eigenvalue weighted by atomic mass is 10.1. The molecule has 0 saturated heterocycles. The van der Waals surface area contributed by atoms with Crippen LogP contribution in [-0.4, -0.2) is 18.6 Å². The zero-order valence-electron chi connectivity index (χ0n) is 10.5. The Balaban J connectivity index is 2.24. The van der Waals surface area contributed by atoms with Crippen molar-refractivity contribution in [2.24, 2.45) is 0 Å². The molecule has 4 heteroatoms. The van der Waals surface area contributed by atoms with E-state index in [9.17, 15) is 0 Å². The highest BCUT2D eigenvalue weighted by molar-refractivity contribution is 7.14. The molecule has 0 aromatic carbocycles. The van der Waals surface area contributed by atoms with Crippen LogP contribution in [0.1, 0.15) is 29.8 Å². The first-order valence-corrected chi connectivity index (χ1v) is 7.66. The molecule has 0 spiro atoms. The summed E-state index contributed by atoms with van der Waals surface area (Å²) in [5.41, 5.74) is 2.47. The molecule has 0 bridgehead atoms. The lowest BCUT2D eigenvalue weighted by Gasteiger charge is -2.10. The van der Waals surface area contributed by atoms with Crippen LogP contribution >= 0.6 is 22.7 Å². The highest BCUT2D eigenvalue weighted by Gasteiger charge is 2.14. The van der Waals surface area contributed by atoms with Gasteiger partial charge in [0.2, 0.25) is 0 Å². The van der Waals surface area contributed by atoms with Crippen LogP contribution in [0, 0.1) is 6.92 Å². The first-order valence-electron chi connectivity index (χ1n) is 5.90. The van der Waals surface area contributed by atoms with Gasteiger partial charge in [-0.05, 0) is 37.4 Å². The summed E-state index contributed by atoms with van der Waals surface area (Å²) in [7, 11) is 2.00. The fourth-order valence-electron chi connectivity index (χ4n) is 1.87. The van der Waals surface area contributed by atoms with Crippen LogP contribution in [0.4, 0.5) is 0 Å². The summed E-state index contributed by atoms with van der Waals surface area (Å²) in [6.07, 6.45) is 1.14. The molecule has 2 nitrogen and oxygen atoms in total. The normalized spacial score (nSPS) is 12.9. The molecule has 2 aromatic heterocycles. The van der Waals surface area contributed by atoms with Gasteiger partial charge in [0.25, 0.3) is 0 Å². The Kier molecular flexibility index (Phi) is 4.31. The number of thiophene rings is 1. The van der Waals surface area contributed by atoms with Crippen LogP contribution in [0.25, 0.3) is 10.6 Å². The van der Waals surface area contributed by atoms with Crippen molar-refractivity contribution in [2.45, 2.75) is 26.2 Å². The fraction of sp³-hybridized carbons (Fsp3) is 0.462. The second kappa shape index (κ2) is 5.76. The predicted octanol–water partition coefficient (Wildman–Crippen LogP) is 3.89. The summed E-state index contributed by atoms with van der Waals surface area (Å²) in [5.74, 6) is 0.541. The van der Waals surface area contributed by atoms with Gasteiger partial charge in [-0.3, -0.25) is 0 Å². The fourth-order valence-corrected chi connectivity index (χ4v) is 3.83. The van der Waals surface area contributed by atoms with Crippen LogP contribution in [0.2, 0.25) is 0 Å². The van der Waals surface area contributed by atoms with E-state index >= 15 is 0 Å². The van der Waals surface area contributed by atoms with Crippen molar-refractivity contribution in [1.82, 2.24) is 10.3 Å². The Bertz CT molecular complexity index is 473. The largest absolute Gasteiger partial charge is 0.319 e. The number of hydrogen-bond acceptors (Lipinski definition) is 4. The maximum absolute atomic E-state index is 4.79. The van der Waals surface area contributed by atoms with Crippen LogP contribution < -0.4 is 5.32 Å². The molecule has 0 aliphatic heterocycles. The van der Waals surface area contributed by atoms with Gasteiger partial charge in [-0.1, -0.05) is 6.92 Å². The Morgan fingerprint density at radius 1 is 1.41 bits per heavy atom. The smallest absolute Gasteiger partial charge is 0.0976 e. The Morgan fingerprint density at radius 3 is 2.82 bits per heavy atom. The van der Waals surface area contributed by atoms with Crippen molar-refractivity contribution in [3.8, 4) is 10.6 Å². The predicted molar refractivity (Wildman–Crippen MR) is 77.1 cm³/mol. The van der Waals surface area contributed by atoms with Gasteiger partial charge in [0, 0.05) is 17.8 Å². The summed E-state index contributed by atoms with van der Waals surface area (Å²) in [6, 6.07) is 2.16. The van der Waals surface area contributed by atoms with Gasteiger partial charge in [0.05, 0.1) is 15.6 Å². The zero-order valence-corrected chi connectivity index (χ0v) is 12.1. The molecule has 2 rings (SSSR count). The van der Waals surface area contributed by atoms with E-state index in [0.29, 0.717) is 5.92 Å². The van der Waals surface area contributed by atoms with Crippen molar-refractivity contribution in [3.63, 3.8) is 0 Å². The second-order valence-electron chi connectivity index (χ2n) is 4.17. The number of nitrogens with one attached hydrogen (secondary N) is 1. The molecule has 0 aliphatic rings. The Morgan fingerprint density at radius 2 is 2.24 bits per heavy atom. The average molecular weight is 266 g/mol. The van der Waals surface area contributed by atoms with E-state index in [4.69, 9.17) is 4.98 Å². The maximum atomic E-state index is 4.79. The van der Waals surface area contributed by atoms with Gasteiger partial charge in [-0.2, -0.15) is 0 Å². The molecule has 17 heavy (non-hydrogen) atoms. The number of thiazole rings is 1. The first-order chi connectivity index (χ1) is 8.26. The Hall–Kier alpha value is -0.710. The standard InChI is InChI=1S/C13H18N2S2/c1-4-10(7-14-3)13-15-11(8-17-13)12-9(2)5-6-16-12/h5-6,8,10,14H,4,7H2,1-3H3. The van der Waals surface area contributed by atoms with E-state index in [0.717, 1.165) is 18.7 Å². The van der Waals surface area contributed by atoms with Gasteiger partial charge < -0.3 is 5.32 Å². The minimum absolute atomic E-state index is 0.541. The second-order valence-corrected chi connectivity index (χ2v) is 5.97. The lowest BCUT2D eigenvalue weighted by molar-refractivity contribution is 0.609. The molecule has 2 heterocycles. The van der Waals surface area contributed by atoms with Crippen molar-refractivity contribution in [2.75, 3.05) is 13.6 Å². The SMILES string of the molecule is CCC(CNC)c1nc(-c2sccc2C)cs1. The minimum atomic E-state index is 0.541. The van der Waals surface area contributed by atoms with E-state index in [2.05, 4.69) is 36.0 Å². The highest BCUT2D eigenvalue weighted by atomic mass is 32.1. The number of likely N-dealkylation sites (N-methyl/N-ethyl adjacent to an activating group) is 1. The molecule has 92 valence electrons. The third-order valence-corrected chi connectivity index (χ3v) is 4.96. The van der Waals surface area contributed by atoms with Gasteiger partial charge >= 0.3 is 0 Å². The van der Waals surface area contributed by atoms with Crippen LogP contribution in [0.15, 0.2) is 16.8 Å². The average Bonchev–Trinajstić information content (AvgIpc) is 2.94. The van der Waals surface area contributed by atoms with E-state index < -0.39 is 0 Å². The summed E-state index contributed by atoms with van der Waals surface area (Å²) in [4.78, 5) is 6.10. The van der Waals surface area contributed by atoms with Gasteiger partial charge in [-0.15, -0.1) is 22.7 Å². The lowest BCUT2D eigenvalue weighted by Crippen LogP contribution is -2.16. The first kappa shape index (κ1) is 12.7. The van der Waals surface area contributed by atoms with Gasteiger partial charge in [0.15, 0.2) is 0 Å². The molecule has 2 aromatic rings. The maximum Gasteiger partial charge on any atom is 0.0976 e. The van der Waals surface area contributed by atoms with Crippen molar-refractivity contribution >= 4 is 22.7 Å². The van der Waals surface area contributed by atoms with Crippen LogP contribution in [0.5, 0.6) is 0 Å². The molecule has 0 fully saturated rings. The number of aryl methyl sites for hydroxylation is 1. The molecule has 0 saturated carbocycles. The van der Waals surface area contributed by atoms with Gasteiger partial charge in [0.1, 0.15) is 0 Å². The van der Waals surface area contributed by atoms with E-state index in [1.165, 1.54) is 15.4 Å². The van der Waals surface area contributed by atoms with Gasteiger partial charge in [-0.25, -0.2) is 4.98 Å². The topological polar surface area (TPSA) is 24.9 Å². The number of rotatable bonds is 5. The summed E-state index contributed by atoms with van der Waals surface area (Å²) in [6.45, 7) is 5.38. The van der Waals surface area contributed by atoms with Crippen LogP contribution in [-0.2, 0) is 0 Å². The number of aromatic nitrogens is 1. The molecular weight excluding hydrogens is 248 g/mol. The van der Waals surface area contributed by atoms with E-state index in [1.807, 2.05) is 7.05 Å². The summed E-state index contributed by atoms with van der Waals surface area (Å²) in [5, 5.41) is 8.82. The minimum Gasteiger partial charge on any atom is -0.319 e. The monoisotopic (exact) mass is 266 g/mol. The number of nitrogens with zero attached hydrogens (tertiary/aromatic N) is 1. The van der Waals surface area contributed by atoms with E-state index in [-0.39, 0.29) is 0 Å². The molecule has 1 unspecified atom stereocenters. The third-order valence-electron chi connectivity index (χ3n) is 2.91. The highest BCUT2D eigenvalue weighted by Crippen LogP contribution is 2.32. The summed E-state index contributed by atoms with van der Waals surface area (Å²) >= 11 is 3.56. The zero-order chi connectivity index (χ0) is 12.3. The quantitative estimate of drug-likeness (QED) is 0.888.